The standard InChI is InChI=1S/C15H22ClNO3Si/c1-15(2,3)21(4,5)20-11-13-10-12(6-7-14(13)16)8-9-17(18)19/h6-10H,11H2,1-5H3/b9-8+. The molecule has 0 aromatic heterocycles. The molecule has 0 aliphatic carbocycles. The first-order valence-corrected chi connectivity index (χ1v) is 10.1. The van der Waals surface area contributed by atoms with E-state index in [-0.39, 0.29) is 5.04 Å². The minimum Gasteiger partial charge on any atom is -0.413 e. The Bertz CT molecular complexity index is 550. The SMILES string of the molecule is CC(C)(C)[Si](C)(C)OCc1cc(/C=C/[N+](=O)[O-])ccc1Cl. The van der Waals surface area contributed by atoms with Crippen molar-refractivity contribution in [2.24, 2.45) is 0 Å². The Balaban J connectivity index is 2.89. The summed E-state index contributed by atoms with van der Waals surface area (Å²) in [6, 6.07) is 5.32. The zero-order chi connectivity index (χ0) is 16.3. The van der Waals surface area contributed by atoms with E-state index in [1.165, 1.54) is 6.08 Å². The molecule has 4 nitrogen and oxygen atoms in total. The Kier molecular flexibility index (Phi) is 5.73. The molecule has 0 heterocycles. The maximum Gasteiger partial charge on any atom is 0.235 e. The van der Waals surface area contributed by atoms with Crippen LogP contribution in [-0.4, -0.2) is 13.2 Å². The third-order valence-corrected chi connectivity index (χ3v) is 8.70. The number of halogens is 1. The first-order valence-electron chi connectivity index (χ1n) is 6.77. The molecule has 0 saturated carbocycles. The van der Waals surface area contributed by atoms with Gasteiger partial charge in [0.15, 0.2) is 8.32 Å². The van der Waals surface area contributed by atoms with E-state index in [2.05, 4.69) is 33.9 Å². The molecule has 0 aliphatic heterocycles. The van der Waals surface area contributed by atoms with Gasteiger partial charge in [-0.15, -0.1) is 0 Å². The van der Waals surface area contributed by atoms with Gasteiger partial charge in [-0.1, -0.05) is 38.4 Å². The van der Waals surface area contributed by atoms with Gasteiger partial charge in [-0.3, -0.25) is 10.1 Å². The third-order valence-electron chi connectivity index (χ3n) is 3.85. The molecule has 0 bridgehead atoms. The van der Waals surface area contributed by atoms with Crippen molar-refractivity contribution in [3.63, 3.8) is 0 Å². The zero-order valence-electron chi connectivity index (χ0n) is 13.1. The van der Waals surface area contributed by atoms with Gasteiger partial charge in [0.25, 0.3) is 0 Å². The van der Waals surface area contributed by atoms with E-state index >= 15 is 0 Å². The smallest absolute Gasteiger partial charge is 0.235 e. The van der Waals surface area contributed by atoms with Crippen LogP contribution in [0.1, 0.15) is 31.9 Å². The molecule has 1 aromatic rings. The molecule has 0 atom stereocenters. The van der Waals surface area contributed by atoms with Gasteiger partial charge in [0.05, 0.1) is 11.5 Å². The predicted molar refractivity (Wildman–Crippen MR) is 89.5 cm³/mol. The highest BCUT2D eigenvalue weighted by molar-refractivity contribution is 6.74. The second-order valence-electron chi connectivity index (χ2n) is 6.50. The summed E-state index contributed by atoms with van der Waals surface area (Å²) < 4.78 is 6.14. The average Bonchev–Trinajstić information content (AvgIpc) is 2.34. The van der Waals surface area contributed by atoms with Crippen LogP contribution in [0.3, 0.4) is 0 Å². The van der Waals surface area contributed by atoms with Crippen LogP contribution in [0.15, 0.2) is 24.4 Å². The van der Waals surface area contributed by atoms with Crippen molar-refractivity contribution in [2.45, 2.75) is 45.5 Å². The van der Waals surface area contributed by atoms with Crippen LogP contribution in [0, 0.1) is 10.1 Å². The van der Waals surface area contributed by atoms with Crippen molar-refractivity contribution in [1.82, 2.24) is 0 Å². The summed E-state index contributed by atoms with van der Waals surface area (Å²) >= 11 is 6.18. The minimum atomic E-state index is -1.85. The lowest BCUT2D eigenvalue weighted by molar-refractivity contribution is -0.400. The largest absolute Gasteiger partial charge is 0.413 e. The van der Waals surface area contributed by atoms with Gasteiger partial charge in [0.2, 0.25) is 6.20 Å². The van der Waals surface area contributed by atoms with Gasteiger partial charge in [0, 0.05) is 11.1 Å². The van der Waals surface area contributed by atoms with E-state index < -0.39 is 13.2 Å². The molecule has 0 amide bonds. The second-order valence-corrected chi connectivity index (χ2v) is 11.7. The molecule has 6 heteroatoms. The minimum absolute atomic E-state index is 0.128. The quantitative estimate of drug-likeness (QED) is 0.429. The van der Waals surface area contributed by atoms with Crippen LogP contribution in [0.25, 0.3) is 6.08 Å². The Morgan fingerprint density at radius 3 is 2.52 bits per heavy atom. The molecular formula is C15H22ClNO3Si. The average molecular weight is 328 g/mol. The van der Waals surface area contributed by atoms with Crippen LogP contribution in [0.2, 0.25) is 23.2 Å². The van der Waals surface area contributed by atoms with Crippen molar-refractivity contribution in [3.05, 3.63) is 50.7 Å². The molecule has 21 heavy (non-hydrogen) atoms. The Morgan fingerprint density at radius 1 is 1.38 bits per heavy atom. The zero-order valence-corrected chi connectivity index (χ0v) is 14.9. The highest BCUT2D eigenvalue weighted by Crippen LogP contribution is 2.37. The van der Waals surface area contributed by atoms with Crippen LogP contribution < -0.4 is 0 Å². The maximum atomic E-state index is 10.4. The first kappa shape index (κ1) is 17.9. The third kappa shape index (κ3) is 5.26. The molecule has 0 fully saturated rings. The van der Waals surface area contributed by atoms with Crippen LogP contribution in [-0.2, 0) is 11.0 Å². The van der Waals surface area contributed by atoms with Crippen molar-refractivity contribution >= 4 is 26.0 Å². The first-order chi connectivity index (χ1) is 9.53. The topological polar surface area (TPSA) is 52.4 Å². The number of hydrogen-bond acceptors (Lipinski definition) is 3. The molecule has 116 valence electrons. The summed E-state index contributed by atoms with van der Waals surface area (Å²) in [4.78, 5) is 9.88. The Morgan fingerprint density at radius 2 is 2.00 bits per heavy atom. The van der Waals surface area contributed by atoms with E-state index in [4.69, 9.17) is 16.0 Å². The highest BCUT2D eigenvalue weighted by atomic mass is 35.5. The van der Waals surface area contributed by atoms with Crippen LogP contribution in [0.4, 0.5) is 0 Å². The van der Waals surface area contributed by atoms with Gasteiger partial charge in [0.1, 0.15) is 0 Å². The van der Waals surface area contributed by atoms with Crippen molar-refractivity contribution in [1.29, 1.82) is 0 Å². The predicted octanol–water partition coefficient (Wildman–Crippen LogP) is 5.11. The lowest BCUT2D eigenvalue weighted by Gasteiger charge is -2.36. The fourth-order valence-corrected chi connectivity index (χ4v) is 2.55. The lowest BCUT2D eigenvalue weighted by Crippen LogP contribution is -2.40. The molecule has 0 N–H and O–H groups in total. The number of rotatable bonds is 5. The molecule has 0 radical (unpaired) electrons. The lowest BCUT2D eigenvalue weighted by atomic mass is 10.1. The normalized spacial score (nSPS) is 12.9. The van der Waals surface area contributed by atoms with Gasteiger partial charge in [-0.05, 0) is 41.4 Å². The Hall–Kier alpha value is -1.17. The molecule has 0 aliphatic rings. The summed E-state index contributed by atoms with van der Waals surface area (Å²) in [5.41, 5.74) is 1.59. The fourth-order valence-electron chi connectivity index (χ4n) is 1.43. The summed E-state index contributed by atoms with van der Waals surface area (Å²) in [6.07, 6.45) is 2.37. The molecule has 0 saturated heterocycles. The van der Waals surface area contributed by atoms with Gasteiger partial charge in [-0.2, -0.15) is 0 Å². The van der Waals surface area contributed by atoms with E-state index in [9.17, 15) is 10.1 Å². The fraction of sp³-hybridized carbons (Fsp3) is 0.467. The number of benzene rings is 1. The van der Waals surface area contributed by atoms with Crippen LogP contribution in [0.5, 0.6) is 0 Å². The van der Waals surface area contributed by atoms with Crippen molar-refractivity contribution < 1.29 is 9.35 Å². The summed E-state index contributed by atoms with van der Waals surface area (Å²) in [5.74, 6) is 0. The van der Waals surface area contributed by atoms with E-state index in [0.717, 1.165) is 17.3 Å². The van der Waals surface area contributed by atoms with Gasteiger partial charge >= 0.3 is 0 Å². The van der Waals surface area contributed by atoms with E-state index in [1.54, 1.807) is 12.1 Å². The van der Waals surface area contributed by atoms with Gasteiger partial charge in [-0.25, -0.2) is 0 Å². The molecular weight excluding hydrogens is 306 g/mol. The molecule has 1 rings (SSSR count). The second kappa shape index (κ2) is 6.73. The van der Waals surface area contributed by atoms with E-state index in [1.807, 2.05) is 6.07 Å². The maximum absolute atomic E-state index is 10.4. The summed E-state index contributed by atoms with van der Waals surface area (Å²) in [6.45, 7) is 11.3. The van der Waals surface area contributed by atoms with Crippen molar-refractivity contribution in [2.75, 3.05) is 0 Å². The number of nitro groups is 1. The molecule has 0 spiro atoms. The monoisotopic (exact) mass is 327 g/mol. The summed E-state index contributed by atoms with van der Waals surface area (Å²) in [7, 11) is -1.85. The molecule has 0 unspecified atom stereocenters. The van der Waals surface area contributed by atoms with E-state index in [0.29, 0.717) is 11.6 Å². The Labute approximate surface area is 132 Å². The number of nitrogens with zero attached hydrogens (tertiary/aromatic N) is 1. The highest BCUT2D eigenvalue weighted by Gasteiger charge is 2.37. The molecule has 1 aromatic carbocycles. The summed E-state index contributed by atoms with van der Waals surface area (Å²) in [5, 5.41) is 11.1. The van der Waals surface area contributed by atoms with Crippen molar-refractivity contribution in [3.8, 4) is 0 Å². The van der Waals surface area contributed by atoms with Gasteiger partial charge < -0.3 is 4.43 Å². The number of hydrogen-bond donors (Lipinski definition) is 0. The van der Waals surface area contributed by atoms with Crippen LogP contribution >= 0.6 is 11.6 Å².